The molecule has 0 aromatic carbocycles. The molecule has 0 unspecified atom stereocenters. The summed E-state index contributed by atoms with van der Waals surface area (Å²) in [5.74, 6) is 0.212. The Kier molecular flexibility index (Phi) is 5.94. The second kappa shape index (κ2) is 6.23. The summed E-state index contributed by atoms with van der Waals surface area (Å²) in [6.07, 6.45) is 1.34. The van der Waals surface area contributed by atoms with Crippen LogP contribution in [-0.4, -0.2) is 18.5 Å². The standard InChI is InChI=1S/C8H13ClO2/c1-3-7(2)8(10)11-6-4-5-9/h2-6H2,1H3. The number of hydrogen-bond donors (Lipinski definition) is 0. The molecule has 0 radical (unpaired) electrons. The number of carbonyl (C=O) groups excluding carboxylic acids is 1. The molecule has 0 bridgehead atoms. The van der Waals surface area contributed by atoms with Crippen LogP contribution in [0.25, 0.3) is 0 Å². The largest absolute Gasteiger partial charge is 0.462 e. The van der Waals surface area contributed by atoms with E-state index in [0.29, 0.717) is 30.9 Å². The first-order chi connectivity index (χ1) is 5.22. The minimum Gasteiger partial charge on any atom is -0.462 e. The third-order valence-electron chi connectivity index (χ3n) is 1.23. The molecule has 0 heterocycles. The molecule has 64 valence electrons. The third kappa shape index (κ3) is 4.85. The van der Waals surface area contributed by atoms with Gasteiger partial charge in [-0.25, -0.2) is 4.79 Å². The van der Waals surface area contributed by atoms with Crippen LogP contribution < -0.4 is 0 Å². The zero-order chi connectivity index (χ0) is 8.69. The lowest BCUT2D eigenvalue weighted by Crippen LogP contribution is -2.07. The fraction of sp³-hybridized carbons (Fsp3) is 0.625. The molecule has 0 aliphatic heterocycles. The van der Waals surface area contributed by atoms with Crippen LogP contribution in [0.5, 0.6) is 0 Å². The van der Waals surface area contributed by atoms with Gasteiger partial charge in [0.2, 0.25) is 0 Å². The number of hydrogen-bond acceptors (Lipinski definition) is 2. The molecule has 0 N–H and O–H groups in total. The average Bonchev–Trinajstić information content (AvgIpc) is 2.03. The second-order valence-corrected chi connectivity index (χ2v) is 2.51. The first-order valence-corrected chi connectivity index (χ1v) is 4.16. The maximum absolute atomic E-state index is 10.9. The Hall–Kier alpha value is -0.500. The molecular formula is C8H13ClO2. The van der Waals surface area contributed by atoms with Gasteiger partial charge < -0.3 is 4.74 Å². The molecule has 0 aromatic rings. The first-order valence-electron chi connectivity index (χ1n) is 3.63. The number of carbonyl (C=O) groups is 1. The zero-order valence-electron chi connectivity index (χ0n) is 6.73. The van der Waals surface area contributed by atoms with Gasteiger partial charge in [-0.3, -0.25) is 0 Å². The van der Waals surface area contributed by atoms with Gasteiger partial charge in [0, 0.05) is 11.5 Å². The second-order valence-electron chi connectivity index (χ2n) is 2.14. The quantitative estimate of drug-likeness (QED) is 0.278. The van der Waals surface area contributed by atoms with Crippen LogP contribution in [0.2, 0.25) is 0 Å². The van der Waals surface area contributed by atoms with E-state index < -0.39 is 0 Å². The molecular weight excluding hydrogens is 164 g/mol. The monoisotopic (exact) mass is 176 g/mol. The van der Waals surface area contributed by atoms with Crippen LogP contribution in [0.3, 0.4) is 0 Å². The minimum atomic E-state index is -0.308. The summed E-state index contributed by atoms with van der Waals surface area (Å²) < 4.78 is 4.81. The summed E-state index contributed by atoms with van der Waals surface area (Å²) in [5, 5.41) is 0. The summed E-state index contributed by atoms with van der Waals surface area (Å²) >= 11 is 5.38. The predicted molar refractivity (Wildman–Crippen MR) is 45.7 cm³/mol. The summed E-state index contributed by atoms with van der Waals surface area (Å²) in [6.45, 7) is 5.80. The number of esters is 1. The van der Waals surface area contributed by atoms with Crippen molar-refractivity contribution in [1.29, 1.82) is 0 Å². The van der Waals surface area contributed by atoms with Crippen molar-refractivity contribution in [3.05, 3.63) is 12.2 Å². The number of alkyl halides is 1. The molecule has 0 fully saturated rings. The Morgan fingerprint density at radius 2 is 2.27 bits per heavy atom. The molecule has 0 spiro atoms. The van der Waals surface area contributed by atoms with Crippen LogP contribution in [-0.2, 0) is 9.53 Å². The van der Waals surface area contributed by atoms with E-state index in [1.54, 1.807) is 0 Å². The molecule has 0 aliphatic rings. The Labute approximate surface area is 72.2 Å². The van der Waals surface area contributed by atoms with Gasteiger partial charge in [-0.05, 0) is 12.8 Å². The minimum absolute atomic E-state index is 0.308. The fourth-order valence-corrected chi connectivity index (χ4v) is 0.575. The van der Waals surface area contributed by atoms with E-state index in [0.717, 1.165) is 0 Å². The molecule has 0 aromatic heterocycles. The Morgan fingerprint density at radius 1 is 1.64 bits per heavy atom. The van der Waals surface area contributed by atoms with E-state index in [2.05, 4.69) is 6.58 Å². The molecule has 0 rings (SSSR count). The van der Waals surface area contributed by atoms with Gasteiger partial charge in [0.15, 0.2) is 0 Å². The molecule has 11 heavy (non-hydrogen) atoms. The Bertz CT molecular complexity index is 143. The summed E-state index contributed by atoms with van der Waals surface area (Å²) in [5.41, 5.74) is 0.513. The van der Waals surface area contributed by atoms with Crippen LogP contribution >= 0.6 is 11.6 Å². The van der Waals surface area contributed by atoms with Crippen molar-refractivity contribution in [3.8, 4) is 0 Å². The van der Waals surface area contributed by atoms with E-state index in [4.69, 9.17) is 16.3 Å². The van der Waals surface area contributed by atoms with Crippen LogP contribution in [0.1, 0.15) is 19.8 Å². The predicted octanol–water partition coefficient (Wildman–Crippen LogP) is 2.12. The van der Waals surface area contributed by atoms with E-state index in [9.17, 15) is 4.79 Å². The number of halogens is 1. The van der Waals surface area contributed by atoms with Crippen LogP contribution in [0, 0.1) is 0 Å². The maximum atomic E-state index is 10.9. The summed E-state index contributed by atoms with van der Waals surface area (Å²) in [6, 6.07) is 0. The van der Waals surface area contributed by atoms with Gasteiger partial charge in [0.1, 0.15) is 0 Å². The fourth-order valence-electron chi connectivity index (χ4n) is 0.466. The van der Waals surface area contributed by atoms with Crippen molar-refractivity contribution >= 4 is 17.6 Å². The Balaban J connectivity index is 3.44. The van der Waals surface area contributed by atoms with Crippen LogP contribution in [0.4, 0.5) is 0 Å². The lowest BCUT2D eigenvalue weighted by atomic mass is 10.2. The molecule has 2 nitrogen and oxygen atoms in total. The van der Waals surface area contributed by atoms with Gasteiger partial charge in [-0.2, -0.15) is 0 Å². The van der Waals surface area contributed by atoms with E-state index in [-0.39, 0.29) is 5.97 Å². The molecule has 0 amide bonds. The zero-order valence-corrected chi connectivity index (χ0v) is 7.49. The lowest BCUT2D eigenvalue weighted by molar-refractivity contribution is -0.139. The Morgan fingerprint density at radius 3 is 2.73 bits per heavy atom. The highest BCUT2D eigenvalue weighted by atomic mass is 35.5. The van der Waals surface area contributed by atoms with Gasteiger partial charge in [0.05, 0.1) is 6.61 Å². The number of ether oxygens (including phenoxy) is 1. The van der Waals surface area contributed by atoms with E-state index in [1.807, 2.05) is 6.92 Å². The van der Waals surface area contributed by atoms with Crippen molar-refractivity contribution in [2.75, 3.05) is 12.5 Å². The molecule has 0 aliphatic carbocycles. The van der Waals surface area contributed by atoms with Gasteiger partial charge >= 0.3 is 5.97 Å². The molecule has 0 atom stereocenters. The third-order valence-corrected chi connectivity index (χ3v) is 1.49. The first kappa shape index (κ1) is 10.5. The van der Waals surface area contributed by atoms with Crippen molar-refractivity contribution in [1.82, 2.24) is 0 Å². The smallest absolute Gasteiger partial charge is 0.333 e. The maximum Gasteiger partial charge on any atom is 0.333 e. The van der Waals surface area contributed by atoms with Crippen LogP contribution in [0.15, 0.2) is 12.2 Å². The molecule has 3 heteroatoms. The SMILES string of the molecule is C=C(CC)C(=O)OCCCCl. The van der Waals surface area contributed by atoms with Crippen molar-refractivity contribution < 1.29 is 9.53 Å². The lowest BCUT2D eigenvalue weighted by Gasteiger charge is -2.02. The van der Waals surface area contributed by atoms with Gasteiger partial charge in [0.25, 0.3) is 0 Å². The number of rotatable bonds is 5. The van der Waals surface area contributed by atoms with E-state index >= 15 is 0 Å². The highest BCUT2D eigenvalue weighted by molar-refractivity contribution is 6.17. The molecule has 0 saturated heterocycles. The summed E-state index contributed by atoms with van der Waals surface area (Å²) in [7, 11) is 0. The topological polar surface area (TPSA) is 26.3 Å². The van der Waals surface area contributed by atoms with Gasteiger partial charge in [-0.15, -0.1) is 11.6 Å². The highest BCUT2D eigenvalue weighted by Gasteiger charge is 2.04. The normalized spacial score (nSPS) is 9.27. The average molecular weight is 177 g/mol. The van der Waals surface area contributed by atoms with Gasteiger partial charge in [-0.1, -0.05) is 13.5 Å². The van der Waals surface area contributed by atoms with Crippen molar-refractivity contribution in [3.63, 3.8) is 0 Å². The van der Waals surface area contributed by atoms with E-state index in [1.165, 1.54) is 0 Å². The summed E-state index contributed by atoms with van der Waals surface area (Å²) in [4.78, 5) is 10.9. The van der Waals surface area contributed by atoms with Crippen molar-refractivity contribution in [2.24, 2.45) is 0 Å². The molecule has 0 saturated carbocycles. The highest BCUT2D eigenvalue weighted by Crippen LogP contribution is 1.99. The van der Waals surface area contributed by atoms with Crippen molar-refractivity contribution in [2.45, 2.75) is 19.8 Å².